The average Bonchev–Trinajstić information content (AvgIpc) is 3.26. The second-order valence-corrected chi connectivity index (χ2v) is 9.66. The van der Waals surface area contributed by atoms with Gasteiger partial charge in [-0.05, 0) is 24.3 Å². The number of carbonyl (C=O) groups is 2. The molecule has 190 valence electrons. The van der Waals surface area contributed by atoms with Crippen molar-refractivity contribution in [2.24, 2.45) is 7.05 Å². The summed E-state index contributed by atoms with van der Waals surface area (Å²) in [6.07, 6.45) is 0.677. The van der Waals surface area contributed by atoms with E-state index in [2.05, 4.69) is 20.4 Å². The van der Waals surface area contributed by atoms with Gasteiger partial charge in [-0.15, -0.1) is 10.2 Å². The molecular weight excluding hydrogens is 500 g/mol. The topological polar surface area (TPSA) is 92.6 Å². The van der Waals surface area contributed by atoms with Gasteiger partial charge < -0.3 is 24.4 Å². The zero-order valence-electron chi connectivity index (χ0n) is 20.3. The van der Waals surface area contributed by atoms with Crippen LogP contribution in [0.4, 0.5) is 11.4 Å². The lowest BCUT2D eigenvalue weighted by Crippen LogP contribution is -2.49. The third-order valence-corrected chi connectivity index (χ3v) is 7.37. The summed E-state index contributed by atoms with van der Waals surface area (Å²) in [6, 6.07) is 15.0. The molecule has 0 saturated carbocycles. The molecule has 1 saturated heterocycles. The van der Waals surface area contributed by atoms with Gasteiger partial charge in [-0.3, -0.25) is 9.59 Å². The smallest absolute Gasteiger partial charge is 0.233 e. The summed E-state index contributed by atoms with van der Waals surface area (Å²) < 4.78 is 7.30. The highest BCUT2D eigenvalue weighted by Gasteiger charge is 2.23. The van der Waals surface area contributed by atoms with Crippen LogP contribution >= 0.6 is 23.4 Å². The van der Waals surface area contributed by atoms with Crippen molar-refractivity contribution < 1.29 is 14.3 Å². The molecule has 0 bridgehead atoms. The minimum atomic E-state index is -0.150. The molecule has 1 fully saturated rings. The van der Waals surface area contributed by atoms with E-state index in [0.717, 1.165) is 24.5 Å². The lowest BCUT2D eigenvalue weighted by Gasteiger charge is -2.36. The number of piperazine rings is 1. The van der Waals surface area contributed by atoms with Gasteiger partial charge in [0.15, 0.2) is 5.16 Å². The number of para-hydroxylation sites is 3. The Balaban J connectivity index is 1.23. The van der Waals surface area contributed by atoms with Crippen molar-refractivity contribution in [2.45, 2.75) is 18.0 Å². The molecule has 36 heavy (non-hydrogen) atoms. The van der Waals surface area contributed by atoms with E-state index in [-0.39, 0.29) is 24.0 Å². The minimum Gasteiger partial charge on any atom is -0.495 e. The molecule has 11 heteroatoms. The standard InChI is InChI=1S/C25H29ClN6O3S/c1-30-22(11-12-23(33)27-19-8-4-3-7-18(19)26)28-29-25(30)36-17-24(34)32-15-13-31(14-16-32)20-9-5-6-10-21(20)35-2/h3-10H,11-17H2,1-2H3,(H,27,33). The number of benzene rings is 2. The molecule has 0 atom stereocenters. The molecule has 0 spiro atoms. The number of thioether (sulfide) groups is 1. The lowest BCUT2D eigenvalue weighted by atomic mass is 10.2. The van der Waals surface area contributed by atoms with Crippen LogP contribution in [0.3, 0.4) is 0 Å². The van der Waals surface area contributed by atoms with Gasteiger partial charge in [0, 0.05) is 46.1 Å². The molecule has 0 unspecified atom stereocenters. The second-order valence-electron chi connectivity index (χ2n) is 8.31. The Labute approximate surface area is 219 Å². The minimum absolute atomic E-state index is 0.0725. The Bertz CT molecular complexity index is 1210. The van der Waals surface area contributed by atoms with E-state index in [1.54, 1.807) is 19.2 Å². The summed E-state index contributed by atoms with van der Waals surface area (Å²) in [5.74, 6) is 1.73. The molecule has 0 radical (unpaired) electrons. The monoisotopic (exact) mass is 528 g/mol. The van der Waals surface area contributed by atoms with Crippen LogP contribution in [0.1, 0.15) is 12.2 Å². The van der Waals surface area contributed by atoms with E-state index >= 15 is 0 Å². The summed E-state index contributed by atoms with van der Waals surface area (Å²) in [5.41, 5.74) is 1.63. The van der Waals surface area contributed by atoms with E-state index in [1.807, 2.05) is 52.9 Å². The molecule has 2 aromatic carbocycles. The van der Waals surface area contributed by atoms with Gasteiger partial charge in [0.2, 0.25) is 11.8 Å². The first-order chi connectivity index (χ1) is 17.5. The molecule has 3 aromatic rings. The molecule has 2 heterocycles. The lowest BCUT2D eigenvalue weighted by molar-refractivity contribution is -0.128. The highest BCUT2D eigenvalue weighted by molar-refractivity contribution is 7.99. The fourth-order valence-electron chi connectivity index (χ4n) is 3.99. The number of hydrogen-bond donors (Lipinski definition) is 1. The number of ether oxygens (including phenoxy) is 1. The van der Waals surface area contributed by atoms with Gasteiger partial charge in [0.05, 0.1) is 29.3 Å². The molecule has 9 nitrogen and oxygen atoms in total. The molecule has 2 amide bonds. The van der Waals surface area contributed by atoms with Crippen molar-refractivity contribution in [3.05, 3.63) is 59.4 Å². The number of carbonyl (C=O) groups excluding carboxylic acids is 2. The zero-order chi connectivity index (χ0) is 25.5. The average molecular weight is 529 g/mol. The number of nitrogens with one attached hydrogen (secondary N) is 1. The zero-order valence-corrected chi connectivity index (χ0v) is 21.9. The van der Waals surface area contributed by atoms with Gasteiger partial charge in [-0.1, -0.05) is 47.6 Å². The van der Waals surface area contributed by atoms with Crippen molar-refractivity contribution in [2.75, 3.05) is 49.3 Å². The summed E-state index contributed by atoms with van der Waals surface area (Å²) in [7, 11) is 3.52. The van der Waals surface area contributed by atoms with Crippen LogP contribution in [0.5, 0.6) is 5.75 Å². The molecule has 1 N–H and O–H groups in total. The maximum Gasteiger partial charge on any atom is 0.233 e. The van der Waals surface area contributed by atoms with Crippen molar-refractivity contribution in [1.29, 1.82) is 0 Å². The van der Waals surface area contributed by atoms with E-state index < -0.39 is 0 Å². The van der Waals surface area contributed by atoms with Crippen LogP contribution in [0.25, 0.3) is 0 Å². The van der Waals surface area contributed by atoms with Crippen molar-refractivity contribution in [1.82, 2.24) is 19.7 Å². The van der Waals surface area contributed by atoms with Crippen LogP contribution in [-0.4, -0.2) is 70.5 Å². The number of rotatable bonds is 9. The quantitative estimate of drug-likeness (QED) is 0.425. The maximum atomic E-state index is 12.8. The summed E-state index contributed by atoms with van der Waals surface area (Å²) in [6.45, 7) is 2.81. The Morgan fingerprint density at radius 1 is 1.06 bits per heavy atom. The number of hydrogen-bond acceptors (Lipinski definition) is 7. The van der Waals surface area contributed by atoms with E-state index in [0.29, 0.717) is 41.2 Å². The number of halogens is 1. The van der Waals surface area contributed by atoms with E-state index in [1.165, 1.54) is 11.8 Å². The van der Waals surface area contributed by atoms with Gasteiger partial charge in [-0.2, -0.15) is 0 Å². The molecule has 0 aliphatic carbocycles. The SMILES string of the molecule is COc1ccccc1N1CCN(C(=O)CSc2nnc(CCC(=O)Nc3ccccc3Cl)n2C)CC1. The van der Waals surface area contributed by atoms with Gasteiger partial charge >= 0.3 is 0 Å². The Morgan fingerprint density at radius 3 is 2.53 bits per heavy atom. The highest BCUT2D eigenvalue weighted by Crippen LogP contribution is 2.28. The number of aryl methyl sites for hydroxylation is 1. The normalized spacial score (nSPS) is 13.5. The summed E-state index contributed by atoms with van der Waals surface area (Å²) in [4.78, 5) is 29.2. The Morgan fingerprint density at radius 2 is 1.78 bits per heavy atom. The third kappa shape index (κ3) is 6.30. The predicted octanol–water partition coefficient (Wildman–Crippen LogP) is 3.49. The van der Waals surface area contributed by atoms with Crippen LogP contribution < -0.4 is 15.0 Å². The first kappa shape index (κ1) is 25.8. The van der Waals surface area contributed by atoms with Crippen LogP contribution in [0.15, 0.2) is 53.7 Å². The second kappa shape index (κ2) is 12.1. The largest absolute Gasteiger partial charge is 0.495 e. The fraction of sp³-hybridized carbons (Fsp3) is 0.360. The van der Waals surface area contributed by atoms with Crippen molar-refractivity contribution >= 4 is 46.6 Å². The molecular formula is C25H29ClN6O3S. The van der Waals surface area contributed by atoms with Crippen molar-refractivity contribution in [3.63, 3.8) is 0 Å². The summed E-state index contributed by atoms with van der Waals surface area (Å²) in [5, 5.41) is 12.4. The highest BCUT2D eigenvalue weighted by atomic mass is 35.5. The fourth-order valence-corrected chi connectivity index (χ4v) is 5.01. The number of aromatic nitrogens is 3. The Hall–Kier alpha value is -3.24. The number of anilines is 2. The number of amides is 2. The molecule has 1 aromatic heterocycles. The van der Waals surface area contributed by atoms with E-state index in [4.69, 9.17) is 16.3 Å². The van der Waals surface area contributed by atoms with Gasteiger partial charge in [0.1, 0.15) is 11.6 Å². The number of methoxy groups -OCH3 is 1. The van der Waals surface area contributed by atoms with Crippen LogP contribution in [0.2, 0.25) is 5.02 Å². The Kier molecular flexibility index (Phi) is 8.71. The molecule has 4 rings (SSSR count). The number of nitrogens with zero attached hydrogens (tertiary/aromatic N) is 5. The van der Waals surface area contributed by atoms with E-state index in [9.17, 15) is 9.59 Å². The van der Waals surface area contributed by atoms with Gasteiger partial charge in [0.25, 0.3) is 0 Å². The van der Waals surface area contributed by atoms with Crippen LogP contribution in [0, 0.1) is 0 Å². The van der Waals surface area contributed by atoms with Crippen LogP contribution in [-0.2, 0) is 23.1 Å². The molecule has 1 aliphatic rings. The van der Waals surface area contributed by atoms with Gasteiger partial charge in [-0.25, -0.2) is 0 Å². The maximum absolute atomic E-state index is 12.8. The molecule has 1 aliphatic heterocycles. The third-order valence-electron chi connectivity index (χ3n) is 6.03. The first-order valence-corrected chi connectivity index (χ1v) is 13.0. The van der Waals surface area contributed by atoms with Crippen molar-refractivity contribution in [3.8, 4) is 5.75 Å². The first-order valence-electron chi connectivity index (χ1n) is 11.7. The predicted molar refractivity (Wildman–Crippen MR) is 142 cm³/mol. The summed E-state index contributed by atoms with van der Waals surface area (Å²) >= 11 is 7.45.